The second kappa shape index (κ2) is 3.00. The van der Waals surface area contributed by atoms with Crippen LogP contribution in [-0.4, -0.2) is 0 Å². The van der Waals surface area contributed by atoms with Crippen molar-refractivity contribution in [3.63, 3.8) is 0 Å². The fourth-order valence-electron chi connectivity index (χ4n) is 2.85. The monoisotopic (exact) mass is 150 g/mol. The zero-order chi connectivity index (χ0) is 7.68. The third-order valence-electron chi connectivity index (χ3n) is 3.47. The Labute approximate surface area is 69.7 Å². The van der Waals surface area contributed by atoms with Gasteiger partial charge in [-0.05, 0) is 43.9 Å². The Kier molecular flexibility index (Phi) is 2.02. The number of fused-ring (bicyclic) bond motifs is 1. The van der Waals surface area contributed by atoms with Crippen LogP contribution in [0.25, 0.3) is 0 Å². The maximum Gasteiger partial charge on any atom is -0.0292 e. The molecule has 2 atom stereocenters. The SMILES string of the molecule is C=C1CCCC2CCCC2C1. The van der Waals surface area contributed by atoms with Crippen molar-refractivity contribution in [2.75, 3.05) is 0 Å². The first-order chi connectivity index (χ1) is 5.36. The van der Waals surface area contributed by atoms with Gasteiger partial charge in [-0.15, -0.1) is 0 Å². The van der Waals surface area contributed by atoms with Crippen LogP contribution in [0, 0.1) is 11.8 Å². The van der Waals surface area contributed by atoms with Gasteiger partial charge in [-0.25, -0.2) is 0 Å². The molecule has 2 fully saturated rings. The number of hydrogen-bond acceptors (Lipinski definition) is 0. The van der Waals surface area contributed by atoms with E-state index < -0.39 is 0 Å². The van der Waals surface area contributed by atoms with Gasteiger partial charge in [-0.1, -0.05) is 25.0 Å². The lowest BCUT2D eigenvalue weighted by Crippen LogP contribution is -2.04. The zero-order valence-corrected chi connectivity index (χ0v) is 7.31. The van der Waals surface area contributed by atoms with Crippen LogP contribution in [0.1, 0.15) is 44.9 Å². The van der Waals surface area contributed by atoms with Gasteiger partial charge < -0.3 is 0 Å². The minimum absolute atomic E-state index is 1.03. The standard InChI is InChI=1S/C11H18/c1-9-4-2-5-10-6-3-7-11(10)8-9/h10-11H,1-8H2. The highest BCUT2D eigenvalue weighted by atomic mass is 14.3. The molecule has 0 aromatic carbocycles. The van der Waals surface area contributed by atoms with Crippen molar-refractivity contribution in [3.05, 3.63) is 12.2 Å². The Morgan fingerprint density at radius 3 is 2.64 bits per heavy atom. The topological polar surface area (TPSA) is 0 Å². The van der Waals surface area contributed by atoms with Gasteiger partial charge in [0.25, 0.3) is 0 Å². The smallest absolute Gasteiger partial charge is 0.0292 e. The van der Waals surface area contributed by atoms with Crippen molar-refractivity contribution in [1.82, 2.24) is 0 Å². The molecule has 11 heavy (non-hydrogen) atoms. The summed E-state index contributed by atoms with van der Waals surface area (Å²) in [6.07, 6.45) is 10.1. The van der Waals surface area contributed by atoms with Crippen LogP contribution in [0.5, 0.6) is 0 Å². The lowest BCUT2D eigenvalue weighted by Gasteiger charge is -2.14. The molecular formula is C11H18. The van der Waals surface area contributed by atoms with Crippen molar-refractivity contribution in [2.24, 2.45) is 11.8 Å². The van der Waals surface area contributed by atoms with Crippen molar-refractivity contribution in [3.8, 4) is 0 Å². The summed E-state index contributed by atoms with van der Waals surface area (Å²) in [5, 5.41) is 0. The van der Waals surface area contributed by atoms with Crippen molar-refractivity contribution in [2.45, 2.75) is 44.9 Å². The third kappa shape index (κ3) is 1.50. The molecule has 2 aliphatic rings. The molecule has 2 aliphatic carbocycles. The Morgan fingerprint density at radius 1 is 1.00 bits per heavy atom. The molecule has 2 rings (SSSR count). The van der Waals surface area contributed by atoms with Crippen LogP contribution in [-0.2, 0) is 0 Å². The fourth-order valence-corrected chi connectivity index (χ4v) is 2.85. The highest BCUT2D eigenvalue weighted by Gasteiger charge is 2.28. The molecule has 0 aliphatic heterocycles. The molecule has 0 aromatic rings. The average molecular weight is 150 g/mol. The molecule has 0 heteroatoms. The quantitative estimate of drug-likeness (QED) is 0.463. The Bertz CT molecular complexity index is 157. The summed E-state index contributed by atoms with van der Waals surface area (Å²) in [4.78, 5) is 0. The van der Waals surface area contributed by atoms with Crippen LogP contribution in [0.3, 0.4) is 0 Å². The van der Waals surface area contributed by atoms with E-state index in [9.17, 15) is 0 Å². The lowest BCUT2D eigenvalue weighted by atomic mass is 9.91. The molecule has 0 aromatic heterocycles. The highest BCUT2D eigenvalue weighted by Crippen LogP contribution is 2.41. The second-order valence-corrected chi connectivity index (χ2v) is 4.30. The van der Waals surface area contributed by atoms with Gasteiger partial charge in [0.15, 0.2) is 0 Å². The van der Waals surface area contributed by atoms with Gasteiger partial charge in [0.2, 0.25) is 0 Å². The summed E-state index contributed by atoms with van der Waals surface area (Å²) >= 11 is 0. The zero-order valence-electron chi connectivity index (χ0n) is 7.31. The normalized spacial score (nSPS) is 38.4. The Balaban J connectivity index is 2.03. The van der Waals surface area contributed by atoms with Crippen LogP contribution < -0.4 is 0 Å². The number of rotatable bonds is 0. The molecule has 0 saturated heterocycles. The molecule has 0 N–H and O–H groups in total. The predicted molar refractivity (Wildman–Crippen MR) is 48.4 cm³/mol. The number of allylic oxidation sites excluding steroid dienone is 1. The summed E-state index contributed by atoms with van der Waals surface area (Å²) < 4.78 is 0. The van der Waals surface area contributed by atoms with Gasteiger partial charge in [0, 0.05) is 0 Å². The van der Waals surface area contributed by atoms with Crippen LogP contribution in [0.15, 0.2) is 12.2 Å². The summed E-state index contributed by atoms with van der Waals surface area (Å²) in [5.41, 5.74) is 1.53. The van der Waals surface area contributed by atoms with Gasteiger partial charge in [-0.3, -0.25) is 0 Å². The van der Waals surface area contributed by atoms with E-state index in [1.165, 1.54) is 50.5 Å². The molecule has 0 radical (unpaired) electrons. The van der Waals surface area contributed by atoms with Crippen molar-refractivity contribution >= 4 is 0 Å². The Morgan fingerprint density at radius 2 is 1.73 bits per heavy atom. The maximum atomic E-state index is 4.13. The minimum Gasteiger partial charge on any atom is -0.0999 e. The predicted octanol–water partition coefficient (Wildman–Crippen LogP) is 3.53. The summed E-state index contributed by atoms with van der Waals surface area (Å²) in [6.45, 7) is 4.13. The molecule has 0 bridgehead atoms. The molecule has 0 heterocycles. The maximum absolute atomic E-state index is 4.13. The molecule has 0 nitrogen and oxygen atoms in total. The lowest BCUT2D eigenvalue weighted by molar-refractivity contribution is 0.377. The van der Waals surface area contributed by atoms with Crippen molar-refractivity contribution < 1.29 is 0 Å². The number of hydrogen-bond donors (Lipinski definition) is 0. The van der Waals surface area contributed by atoms with Crippen LogP contribution in [0.2, 0.25) is 0 Å². The molecular weight excluding hydrogens is 132 g/mol. The van der Waals surface area contributed by atoms with E-state index in [0.717, 1.165) is 11.8 Å². The van der Waals surface area contributed by atoms with E-state index in [4.69, 9.17) is 0 Å². The van der Waals surface area contributed by atoms with Gasteiger partial charge in [-0.2, -0.15) is 0 Å². The largest absolute Gasteiger partial charge is 0.0999 e. The van der Waals surface area contributed by atoms with E-state index in [0.29, 0.717) is 0 Å². The first kappa shape index (κ1) is 7.39. The molecule has 2 unspecified atom stereocenters. The van der Waals surface area contributed by atoms with E-state index in [2.05, 4.69) is 6.58 Å². The molecule has 0 spiro atoms. The third-order valence-corrected chi connectivity index (χ3v) is 3.47. The second-order valence-electron chi connectivity index (χ2n) is 4.30. The summed E-state index contributed by atoms with van der Waals surface area (Å²) in [5.74, 6) is 2.11. The molecule has 0 amide bonds. The molecule has 62 valence electrons. The van der Waals surface area contributed by atoms with Gasteiger partial charge in [0.1, 0.15) is 0 Å². The van der Waals surface area contributed by atoms with Crippen LogP contribution >= 0.6 is 0 Å². The van der Waals surface area contributed by atoms with E-state index in [1.54, 1.807) is 0 Å². The van der Waals surface area contributed by atoms with E-state index >= 15 is 0 Å². The van der Waals surface area contributed by atoms with Crippen molar-refractivity contribution in [1.29, 1.82) is 0 Å². The summed E-state index contributed by atoms with van der Waals surface area (Å²) in [6, 6.07) is 0. The first-order valence-corrected chi connectivity index (χ1v) is 5.03. The van der Waals surface area contributed by atoms with Crippen LogP contribution in [0.4, 0.5) is 0 Å². The van der Waals surface area contributed by atoms with E-state index in [-0.39, 0.29) is 0 Å². The minimum atomic E-state index is 1.03. The van der Waals surface area contributed by atoms with E-state index in [1.807, 2.05) is 0 Å². The summed E-state index contributed by atoms with van der Waals surface area (Å²) in [7, 11) is 0. The van der Waals surface area contributed by atoms with Gasteiger partial charge >= 0.3 is 0 Å². The first-order valence-electron chi connectivity index (χ1n) is 5.03. The fraction of sp³-hybridized carbons (Fsp3) is 0.818. The average Bonchev–Trinajstić information content (AvgIpc) is 2.31. The Hall–Kier alpha value is -0.260. The molecule has 2 saturated carbocycles. The van der Waals surface area contributed by atoms with Gasteiger partial charge in [0.05, 0.1) is 0 Å². The highest BCUT2D eigenvalue weighted by molar-refractivity contribution is 5.00.